The third-order valence-corrected chi connectivity index (χ3v) is 5.41. The number of sulfonamides is 1. The molecule has 0 aromatic heterocycles. The highest BCUT2D eigenvalue weighted by atomic mass is 79.9. The van der Waals surface area contributed by atoms with Crippen molar-refractivity contribution in [3.63, 3.8) is 0 Å². The number of alkyl halides is 1. The van der Waals surface area contributed by atoms with Crippen molar-refractivity contribution in [1.82, 2.24) is 4.72 Å². The Morgan fingerprint density at radius 3 is 2.29 bits per heavy atom. The molecule has 84 valence electrons. The molecule has 0 unspecified atom stereocenters. The Morgan fingerprint density at radius 2 is 2.00 bits per heavy atom. The summed E-state index contributed by atoms with van der Waals surface area (Å²) in [5.41, 5.74) is -0.187. The standard InChI is InChI=1S/C9H18BrNO2S/c1-8(2)6-14(12,13)11-9(7-10)4-3-5-9/h8,11H,3-7H2,1-2H3. The number of hydrogen-bond acceptors (Lipinski definition) is 2. The maximum Gasteiger partial charge on any atom is 0.212 e. The lowest BCUT2D eigenvalue weighted by atomic mass is 9.80. The molecule has 0 atom stereocenters. The average Bonchev–Trinajstić information content (AvgIpc) is 1.94. The SMILES string of the molecule is CC(C)CS(=O)(=O)NC1(CBr)CCC1. The van der Waals surface area contributed by atoms with Crippen molar-refractivity contribution >= 4 is 26.0 Å². The third-order valence-electron chi connectivity index (χ3n) is 2.49. The Balaban J connectivity index is 2.58. The van der Waals surface area contributed by atoms with E-state index in [1.165, 1.54) is 0 Å². The van der Waals surface area contributed by atoms with Gasteiger partial charge in [0.15, 0.2) is 0 Å². The lowest BCUT2D eigenvalue weighted by Crippen LogP contribution is -2.55. The summed E-state index contributed by atoms with van der Waals surface area (Å²) >= 11 is 3.38. The van der Waals surface area contributed by atoms with Gasteiger partial charge in [-0.1, -0.05) is 29.8 Å². The van der Waals surface area contributed by atoms with Gasteiger partial charge in [-0.3, -0.25) is 0 Å². The molecule has 5 heteroatoms. The van der Waals surface area contributed by atoms with Crippen LogP contribution < -0.4 is 4.72 Å². The highest BCUT2D eigenvalue weighted by Gasteiger charge is 2.39. The predicted octanol–water partition coefficient (Wildman–Crippen LogP) is 1.88. The van der Waals surface area contributed by atoms with E-state index >= 15 is 0 Å². The lowest BCUT2D eigenvalue weighted by molar-refractivity contribution is 0.255. The minimum Gasteiger partial charge on any atom is -0.212 e. The molecule has 1 aliphatic rings. The largest absolute Gasteiger partial charge is 0.212 e. The Morgan fingerprint density at radius 1 is 1.43 bits per heavy atom. The first-order chi connectivity index (χ1) is 6.39. The molecule has 1 aliphatic carbocycles. The topological polar surface area (TPSA) is 46.2 Å². The van der Waals surface area contributed by atoms with Gasteiger partial charge in [-0.2, -0.15) is 0 Å². The summed E-state index contributed by atoms with van der Waals surface area (Å²) in [4.78, 5) is 0. The van der Waals surface area contributed by atoms with Crippen molar-refractivity contribution in [1.29, 1.82) is 0 Å². The van der Waals surface area contributed by atoms with Crippen molar-refractivity contribution in [3.05, 3.63) is 0 Å². The summed E-state index contributed by atoms with van der Waals surface area (Å²) in [6.45, 7) is 3.83. The second kappa shape index (κ2) is 4.49. The van der Waals surface area contributed by atoms with Crippen LogP contribution in [0.25, 0.3) is 0 Å². The monoisotopic (exact) mass is 283 g/mol. The van der Waals surface area contributed by atoms with Crippen molar-refractivity contribution in [3.8, 4) is 0 Å². The van der Waals surface area contributed by atoms with Gasteiger partial charge < -0.3 is 0 Å². The highest BCUT2D eigenvalue weighted by molar-refractivity contribution is 9.09. The Kier molecular flexibility index (Phi) is 4.00. The molecular formula is C9H18BrNO2S. The maximum atomic E-state index is 11.7. The van der Waals surface area contributed by atoms with Crippen LogP contribution in [-0.2, 0) is 10.0 Å². The summed E-state index contributed by atoms with van der Waals surface area (Å²) in [5.74, 6) is 0.404. The van der Waals surface area contributed by atoms with E-state index in [0.29, 0.717) is 0 Å². The number of rotatable bonds is 5. The summed E-state index contributed by atoms with van der Waals surface area (Å²) in [5, 5.41) is 0.720. The zero-order valence-electron chi connectivity index (χ0n) is 8.72. The van der Waals surface area contributed by atoms with Crippen molar-refractivity contribution in [2.24, 2.45) is 5.92 Å². The molecule has 0 amide bonds. The summed E-state index contributed by atoms with van der Waals surface area (Å²) in [7, 11) is -3.09. The van der Waals surface area contributed by atoms with E-state index < -0.39 is 10.0 Å². The molecular weight excluding hydrogens is 266 g/mol. The van der Waals surface area contributed by atoms with E-state index in [1.807, 2.05) is 13.8 Å². The van der Waals surface area contributed by atoms with Gasteiger partial charge >= 0.3 is 0 Å². The lowest BCUT2D eigenvalue weighted by Gasteiger charge is -2.40. The number of halogens is 1. The van der Waals surface area contributed by atoms with Crippen molar-refractivity contribution in [2.45, 2.75) is 38.6 Å². The average molecular weight is 284 g/mol. The van der Waals surface area contributed by atoms with E-state index in [4.69, 9.17) is 0 Å². The molecule has 1 rings (SSSR count). The van der Waals surface area contributed by atoms with E-state index in [1.54, 1.807) is 0 Å². The first-order valence-corrected chi connectivity index (χ1v) is 7.74. The number of nitrogens with one attached hydrogen (secondary N) is 1. The fourth-order valence-corrected chi connectivity index (χ4v) is 4.46. The molecule has 1 N–H and O–H groups in total. The molecule has 0 bridgehead atoms. The van der Waals surface area contributed by atoms with Gasteiger partial charge in [-0.25, -0.2) is 13.1 Å². The second-order valence-electron chi connectivity index (χ2n) is 4.54. The minimum atomic E-state index is -3.09. The predicted molar refractivity (Wildman–Crippen MR) is 62.1 cm³/mol. The van der Waals surface area contributed by atoms with Crippen LogP contribution in [0.5, 0.6) is 0 Å². The molecule has 1 fully saturated rings. The van der Waals surface area contributed by atoms with E-state index in [9.17, 15) is 8.42 Å². The Hall–Kier alpha value is 0.390. The van der Waals surface area contributed by atoms with Gasteiger partial charge in [-0.15, -0.1) is 0 Å². The fraction of sp³-hybridized carbons (Fsp3) is 1.00. The van der Waals surface area contributed by atoms with Gasteiger partial charge in [0.1, 0.15) is 0 Å². The third kappa shape index (κ3) is 3.21. The summed E-state index contributed by atoms with van der Waals surface area (Å²) in [6.07, 6.45) is 3.03. The van der Waals surface area contributed by atoms with Crippen LogP contribution in [0.2, 0.25) is 0 Å². The molecule has 3 nitrogen and oxygen atoms in total. The van der Waals surface area contributed by atoms with Gasteiger partial charge in [0.2, 0.25) is 10.0 Å². The molecule has 14 heavy (non-hydrogen) atoms. The van der Waals surface area contributed by atoms with Crippen LogP contribution >= 0.6 is 15.9 Å². The van der Waals surface area contributed by atoms with Gasteiger partial charge in [0.05, 0.1) is 5.75 Å². The Labute approximate surface area is 94.8 Å². The smallest absolute Gasteiger partial charge is 0.212 e. The Bertz CT molecular complexity index is 278. The van der Waals surface area contributed by atoms with Crippen LogP contribution in [0, 0.1) is 5.92 Å². The molecule has 0 aliphatic heterocycles. The molecule has 0 spiro atoms. The van der Waals surface area contributed by atoms with E-state index in [0.717, 1.165) is 24.6 Å². The fourth-order valence-electron chi connectivity index (χ4n) is 1.68. The van der Waals surface area contributed by atoms with Crippen LogP contribution in [-0.4, -0.2) is 25.0 Å². The molecule has 0 aromatic rings. The van der Waals surface area contributed by atoms with Crippen LogP contribution in [0.15, 0.2) is 0 Å². The summed E-state index contributed by atoms with van der Waals surface area (Å²) in [6, 6.07) is 0. The molecule has 0 saturated heterocycles. The van der Waals surface area contributed by atoms with Crippen molar-refractivity contribution < 1.29 is 8.42 Å². The van der Waals surface area contributed by atoms with E-state index in [2.05, 4.69) is 20.7 Å². The first kappa shape index (κ1) is 12.5. The molecule has 0 heterocycles. The van der Waals surface area contributed by atoms with Gasteiger partial charge in [0.25, 0.3) is 0 Å². The molecule has 1 saturated carbocycles. The van der Waals surface area contributed by atoms with E-state index in [-0.39, 0.29) is 17.2 Å². The number of hydrogen-bond donors (Lipinski definition) is 1. The highest BCUT2D eigenvalue weighted by Crippen LogP contribution is 2.34. The van der Waals surface area contributed by atoms with Gasteiger partial charge in [-0.05, 0) is 25.2 Å². The summed E-state index contributed by atoms with van der Waals surface area (Å²) < 4.78 is 26.2. The zero-order valence-corrected chi connectivity index (χ0v) is 11.1. The second-order valence-corrected chi connectivity index (χ2v) is 6.87. The molecule has 0 radical (unpaired) electrons. The van der Waals surface area contributed by atoms with Crippen LogP contribution in [0.1, 0.15) is 33.1 Å². The quantitative estimate of drug-likeness (QED) is 0.783. The minimum absolute atomic E-state index is 0.181. The maximum absolute atomic E-state index is 11.7. The van der Waals surface area contributed by atoms with Crippen LogP contribution in [0.4, 0.5) is 0 Å². The first-order valence-electron chi connectivity index (χ1n) is 4.97. The van der Waals surface area contributed by atoms with Crippen molar-refractivity contribution in [2.75, 3.05) is 11.1 Å². The van der Waals surface area contributed by atoms with Gasteiger partial charge in [0, 0.05) is 10.9 Å². The van der Waals surface area contributed by atoms with Crippen LogP contribution in [0.3, 0.4) is 0 Å². The molecule has 0 aromatic carbocycles. The zero-order chi connectivity index (χ0) is 10.8. The normalized spacial score (nSPS) is 20.9.